The van der Waals surface area contributed by atoms with Gasteiger partial charge in [0, 0.05) is 0 Å². The highest BCUT2D eigenvalue weighted by Crippen LogP contribution is 2.46. The average Bonchev–Trinajstić information content (AvgIpc) is 3.20. The first-order valence-corrected chi connectivity index (χ1v) is 6.75. The van der Waals surface area contributed by atoms with Crippen LogP contribution in [0, 0.1) is 5.92 Å². The Morgan fingerprint density at radius 3 is 2.56 bits per heavy atom. The lowest BCUT2D eigenvalue weighted by Gasteiger charge is -2.31. The number of carboxylic acids is 1. The van der Waals surface area contributed by atoms with Crippen molar-refractivity contribution in [1.82, 2.24) is 5.32 Å². The molecule has 1 atom stereocenters. The number of hydrogen-bond donors (Lipinski definition) is 2. The van der Waals surface area contributed by atoms with Crippen LogP contribution in [0.2, 0.25) is 0 Å². The summed E-state index contributed by atoms with van der Waals surface area (Å²) in [6.07, 6.45) is 4.08. The summed E-state index contributed by atoms with van der Waals surface area (Å²) >= 11 is 0. The highest BCUT2D eigenvalue weighted by atomic mass is 16.4. The van der Waals surface area contributed by atoms with Crippen molar-refractivity contribution >= 4 is 5.97 Å². The summed E-state index contributed by atoms with van der Waals surface area (Å²) in [7, 11) is 0. The van der Waals surface area contributed by atoms with Gasteiger partial charge in [0.1, 0.15) is 5.54 Å². The van der Waals surface area contributed by atoms with Gasteiger partial charge in [-0.25, -0.2) is 4.79 Å². The molecule has 18 heavy (non-hydrogen) atoms. The zero-order valence-corrected chi connectivity index (χ0v) is 10.9. The van der Waals surface area contributed by atoms with E-state index in [1.54, 1.807) is 0 Å². The molecule has 1 saturated carbocycles. The molecule has 1 unspecified atom stereocenters. The molecule has 0 amide bonds. The fraction of sp³-hybridized carbons (Fsp3) is 0.533. The van der Waals surface area contributed by atoms with E-state index in [1.165, 1.54) is 0 Å². The number of carboxylic acid groups (broad SMARTS) is 1. The van der Waals surface area contributed by atoms with Crippen molar-refractivity contribution in [2.24, 2.45) is 5.92 Å². The van der Waals surface area contributed by atoms with Gasteiger partial charge in [-0.05, 0) is 37.3 Å². The number of unbranched alkanes of at least 4 members (excludes halogenated alkanes) is 1. The van der Waals surface area contributed by atoms with E-state index < -0.39 is 11.5 Å². The summed E-state index contributed by atoms with van der Waals surface area (Å²) in [6, 6.07) is 9.60. The van der Waals surface area contributed by atoms with Crippen molar-refractivity contribution in [1.29, 1.82) is 0 Å². The van der Waals surface area contributed by atoms with Crippen LogP contribution in [-0.4, -0.2) is 17.6 Å². The minimum atomic E-state index is -0.879. The molecule has 98 valence electrons. The first-order valence-electron chi connectivity index (χ1n) is 6.75. The molecule has 1 aliphatic rings. The van der Waals surface area contributed by atoms with Gasteiger partial charge in [-0.1, -0.05) is 43.7 Å². The molecule has 3 heteroatoms. The lowest BCUT2D eigenvalue weighted by atomic mass is 9.84. The Hall–Kier alpha value is -1.35. The molecular weight excluding hydrogens is 226 g/mol. The van der Waals surface area contributed by atoms with Crippen LogP contribution in [-0.2, 0) is 10.3 Å². The van der Waals surface area contributed by atoms with Crippen LogP contribution in [0.3, 0.4) is 0 Å². The van der Waals surface area contributed by atoms with Crippen molar-refractivity contribution in [2.45, 2.75) is 38.1 Å². The molecule has 0 aromatic heterocycles. The maximum atomic E-state index is 11.8. The van der Waals surface area contributed by atoms with Crippen molar-refractivity contribution in [2.75, 3.05) is 6.54 Å². The predicted molar refractivity (Wildman–Crippen MR) is 71.4 cm³/mol. The summed E-state index contributed by atoms with van der Waals surface area (Å²) in [4.78, 5) is 11.8. The number of nitrogens with one attached hydrogen (secondary N) is 1. The first kappa shape index (κ1) is 13.1. The number of aliphatic carboxylic acids is 1. The van der Waals surface area contributed by atoms with E-state index >= 15 is 0 Å². The molecule has 1 aromatic rings. The van der Waals surface area contributed by atoms with Crippen LogP contribution < -0.4 is 5.32 Å². The van der Waals surface area contributed by atoms with Gasteiger partial charge < -0.3 is 5.11 Å². The molecule has 1 aromatic carbocycles. The van der Waals surface area contributed by atoms with E-state index in [0.717, 1.165) is 37.8 Å². The second kappa shape index (κ2) is 5.53. The molecule has 0 saturated heterocycles. The Morgan fingerprint density at radius 2 is 2.06 bits per heavy atom. The fourth-order valence-corrected chi connectivity index (χ4v) is 2.54. The molecule has 0 bridgehead atoms. The van der Waals surface area contributed by atoms with Gasteiger partial charge in [0.15, 0.2) is 0 Å². The van der Waals surface area contributed by atoms with Crippen molar-refractivity contribution in [3.05, 3.63) is 35.9 Å². The third kappa shape index (κ3) is 2.41. The molecule has 0 heterocycles. The summed E-state index contributed by atoms with van der Waals surface area (Å²) in [6.45, 7) is 2.87. The number of rotatable bonds is 7. The summed E-state index contributed by atoms with van der Waals surface area (Å²) in [5.74, 6) is -0.512. The summed E-state index contributed by atoms with van der Waals surface area (Å²) in [5, 5.41) is 13.0. The monoisotopic (exact) mass is 247 g/mol. The van der Waals surface area contributed by atoms with Gasteiger partial charge in [0.2, 0.25) is 0 Å². The van der Waals surface area contributed by atoms with E-state index in [9.17, 15) is 9.90 Å². The van der Waals surface area contributed by atoms with Crippen LogP contribution in [0.15, 0.2) is 30.3 Å². The lowest BCUT2D eigenvalue weighted by molar-refractivity contribution is -0.146. The minimum absolute atomic E-state index is 0.231. The van der Waals surface area contributed by atoms with Gasteiger partial charge in [0.05, 0.1) is 0 Å². The molecule has 0 radical (unpaired) electrons. The van der Waals surface area contributed by atoms with Crippen LogP contribution in [0.5, 0.6) is 0 Å². The van der Waals surface area contributed by atoms with Gasteiger partial charge in [-0.3, -0.25) is 5.32 Å². The molecule has 2 rings (SSSR count). The molecule has 1 aliphatic carbocycles. The number of benzene rings is 1. The van der Waals surface area contributed by atoms with E-state index in [1.807, 2.05) is 30.3 Å². The van der Waals surface area contributed by atoms with Gasteiger partial charge in [-0.2, -0.15) is 0 Å². The normalized spacial score (nSPS) is 18.3. The fourth-order valence-electron chi connectivity index (χ4n) is 2.54. The van der Waals surface area contributed by atoms with E-state index in [-0.39, 0.29) is 5.92 Å². The van der Waals surface area contributed by atoms with Crippen LogP contribution >= 0.6 is 0 Å². The first-order chi connectivity index (χ1) is 8.71. The van der Waals surface area contributed by atoms with Crippen LogP contribution in [0.1, 0.15) is 38.2 Å². The SMILES string of the molecule is CCCCNC(C(=O)O)(c1ccccc1)C1CC1. The standard InChI is InChI=1S/C15H21NO2/c1-2-3-11-16-15(14(17)18,13-9-10-13)12-7-5-4-6-8-12/h4-8,13,16H,2-3,9-11H2,1H3,(H,17,18). The number of hydrogen-bond acceptors (Lipinski definition) is 2. The number of carbonyl (C=O) groups is 1. The van der Waals surface area contributed by atoms with Gasteiger partial charge in [0.25, 0.3) is 0 Å². The molecular formula is C15H21NO2. The third-order valence-corrected chi connectivity index (χ3v) is 3.69. The van der Waals surface area contributed by atoms with Crippen LogP contribution in [0.4, 0.5) is 0 Å². The third-order valence-electron chi connectivity index (χ3n) is 3.69. The smallest absolute Gasteiger partial charge is 0.328 e. The van der Waals surface area contributed by atoms with Crippen molar-refractivity contribution in [3.8, 4) is 0 Å². The van der Waals surface area contributed by atoms with Crippen LogP contribution in [0.25, 0.3) is 0 Å². The zero-order chi connectivity index (χ0) is 13.0. The Labute approximate surface area is 108 Å². The van der Waals surface area contributed by atoms with Gasteiger partial charge in [-0.15, -0.1) is 0 Å². The highest BCUT2D eigenvalue weighted by Gasteiger charge is 2.52. The van der Waals surface area contributed by atoms with Gasteiger partial charge >= 0.3 is 5.97 Å². The zero-order valence-electron chi connectivity index (χ0n) is 10.9. The molecule has 1 fully saturated rings. The quantitative estimate of drug-likeness (QED) is 0.728. The molecule has 2 N–H and O–H groups in total. The Bertz CT molecular complexity index is 400. The predicted octanol–water partition coefficient (Wildman–Crippen LogP) is 2.77. The second-order valence-electron chi connectivity index (χ2n) is 5.03. The van der Waals surface area contributed by atoms with Crippen molar-refractivity contribution in [3.63, 3.8) is 0 Å². The maximum Gasteiger partial charge on any atom is 0.328 e. The topological polar surface area (TPSA) is 49.3 Å². The maximum absolute atomic E-state index is 11.8. The molecule has 0 spiro atoms. The average molecular weight is 247 g/mol. The molecule has 0 aliphatic heterocycles. The second-order valence-corrected chi connectivity index (χ2v) is 5.03. The molecule has 3 nitrogen and oxygen atoms in total. The lowest BCUT2D eigenvalue weighted by Crippen LogP contribution is -2.51. The Kier molecular flexibility index (Phi) is 4.02. The highest BCUT2D eigenvalue weighted by molar-refractivity contribution is 5.81. The van der Waals surface area contributed by atoms with Crippen molar-refractivity contribution < 1.29 is 9.90 Å². The Balaban J connectivity index is 2.28. The van der Waals surface area contributed by atoms with E-state index in [0.29, 0.717) is 0 Å². The Morgan fingerprint density at radius 1 is 1.39 bits per heavy atom. The van der Waals surface area contributed by atoms with E-state index in [4.69, 9.17) is 0 Å². The minimum Gasteiger partial charge on any atom is -0.480 e. The largest absolute Gasteiger partial charge is 0.480 e. The summed E-state index contributed by atoms with van der Waals surface area (Å²) in [5.41, 5.74) is 0.00674. The summed E-state index contributed by atoms with van der Waals surface area (Å²) < 4.78 is 0. The van der Waals surface area contributed by atoms with E-state index in [2.05, 4.69) is 12.2 Å².